The zero-order valence-corrected chi connectivity index (χ0v) is 11.6. The molecule has 0 spiro atoms. The molecule has 0 aliphatic heterocycles. The minimum Gasteiger partial charge on any atom is -0.456 e. The van der Waals surface area contributed by atoms with Crippen LogP contribution in [0, 0.1) is 6.92 Å². The fourth-order valence-electron chi connectivity index (χ4n) is 1.87. The standard InChI is InChI=1S/C15H14F3NO3/c1-9-5-6-13(22-9)14(21)19-8-12(20)10-3-2-4-11(7-10)15(16,17)18/h2-7,12,20H,8H2,1H3,(H,19,21)/t12-/m1/s1. The van der Waals surface area contributed by atoms with Crippen molar-refractivity contribution in [3.05, 3.63) is 59.0 Å². The van der Waals surface area contributed by atoms with Crippen LogP contribution in [-0.2, 0) is 6.18 Å². The molecular formula is C15H14F3NO3. The maximum absolute atomic E-state index is 12.6. The third-order valence-corrected chi connectivity index (χ3v) is 3.02. The zero-order chi connectivity index (χ0) is 16.3. The first-order valence-electron chi connectivity index (χ1n) is 6.47. The van der Waals surface area contributed by atoms with Crippen molar-refractivity contribution in [3.63, 3.8) is 0 Å². The summed E-state index contributed by atoms with van der Waals surface area (Å²) in [6, 6.07) is 7.43. The molecular weight excluding hydrogens is 299 g/mol. The van der Waals surface area contributed by atoms with E-state index in [0.717, 1.165) is 12.1 Å². The molecule has 1 heterocycles. The van der Waals surface area contributed by atoms with Crippen molar-refractivity contribution in [2.45, 2.75) is 19.2 Å². The molecule has 1 amide bonds. The molecule has 7 heteroatoms. The molecule has 0 aliphatic carbocycles. The van der Waals surface area contributed by atoms with Crippen molar-refractivity contribution in [2.75, 3.05) is 6.54 Å². The smallest absolute Gasteiger partial charge is 0.416 e. The lowest BCUT2D eigenvalue weighted by atomic mass is 10.1. The number of amides is 1. The van der Waals surface area contributed by atoms with Crippen LogP contribution < -0.4 is 5.32 Å². The molecule has 1 atom stereocenters. The van der Waals surface area contributed by atoms with Gasteiger partial charge in [0.1, 0.15) is 5.76 Å². The topological polar surface area (TPSA) is 62.5 Å². The van der Waals surface area contributed by atoms with Crippen molar-refractivity contribution in [1.82, 2.24) is 5.32 Å². The molecule has 0 fully saturated rings. The summed E-state index contributed by atoms with van der Waals surface area (Å²) in [5.41, 5.74) is -0.775. The van der Waals surface area contributed by atoms with Crippen LogP contribution in [0.4, 0.5) is 13.2 Å². The van der Waals surface area contributed by atoms with E-state index in [0.29, 0.717) is 5.76 Å². The Kier molecular flexibility index (Phi) is 4.56. The van der Waals surface area contributed by atoms with E-state index in [1.807, 2.05) is 0 Å². The Labute approximate surface area is 124 Å². The van der Waals surface area contributed by atoms with E-state index in [4.69, 9.17) is 4.42 Å². The second-order valence-electron chi connectivity index (χ2n) is 4.76. The van der Waals surface area contributed by atoms with Gasteiger partial charge >= 0.3 is 6.18 Å². The van der Waals surface area contributed by atoms with Gasteiger partial charge in [0.15, 0.2) is 5.76 Å². The average Bonchev–Trinajstić information content (AvgIpc) is 2.90. The number of halogens is 3. The molecule has 1 aromatic carbocycles. The summed E-state index contributed by atoms with van der Waals surface area (Å²) >= 11 is 0. The number of benzene rings is 1. The minimum atomic E-state index is -4.48. The van der Waals surface area contributed by atoms with E-state index >= 15 is 0 Å². The van der Waals surface area contributed by atoms with Gasteiger partial charge in [-0.1, -0.05) is 12.1 Å². The molecule has 0 saturated heterocycles. The van der Waals surface area contributed by atoms with Gasteiger partial charge in [-0.2, -0.15) is 13.2 Å². The number of hydrogen-bond acceptors (Lipinski definition) is 3. The van der Waals surface area contributed by atoms with E-state index < -0.39 is 23.8 Å². The minimum absolute atomic E-state index is 0.0748. The Hall–Kier alpha value is -2.28. The van der Waals surface area contributed by atoms with Crippen LogP contribution in [0.25, 0.3) is 0 Å². The zero-order valence-electron chi connectivity index (χ0n) is 11.6. The average molecular weight is 313 g/mol. The third-order valence-electron chi connectivity index (χ3n) is 3.02. The van der Waals surface area contributed by atoms with Gasteiger partial charge in [0.25, 0.3) is 5.91 Å². The number of aliphatic hydroxyl groups is 1. The number of carbonyl (C=O) groups is 1. The second-order valence-corrected chi connectivity index (χ2v) is 4.76. The maximum Gasteiger partial charge on any atom is 0.416 e. The molecule has 0 bridgehead atoms. The van der Waals surface area contributed by atoms with Gasteiger partial charge in [-0.25, -0.2) is 0 Å². The van der Waals surface area contributed by atoms with Crippen LogP contribution in [0.2, 0.25) is 0 Å². The predicted octanol–water partition coefficient (Wildman–Crippen LogP) is 3.07. The maximum atomic E-state index is 12.6. The highest BCUT2D eigenvalue weighted by molar-refractivity contribution is 5.91. The number of carbonyl (C=O) groups excluding carboxylic acids is 1. The lowest BCUT2D eigenvalue weighted by Crippen LogP contribution is -2.28. The van der Waals surface area contributed by atoms with Gasteiger partial charge in [0, 0.05) is 6.54 Å². The molecule has 118 valence electrons. The summed E-state index contributed by atoms with van der Waals surface area (Å²) in [4.78, 5) is 11.7. The van der Waals surface area contributed by atoms with Gasteiger partial charge in [0.2, 0.25) is 0 Å². The van der Waals surface area contributed by atoms with Gasteiger partial charge in [-0.3, -0.25) is 4.79 Å². The van der Waals surface area contributed by atoms with Gasteiger partial charge < -0.3 is 14.8 Å². The molecule has 4 nitrogen and oxygen atoms in total. The van der Waals surface area contributed by atoms with E-state index in [2.05, 4.69) is 5.32 Å². The Morgan fingerprint density at radius 2 is 2.05 bits per heavy atom. The third kappa shape index (κ3) is 3.88. The van der Waals surface area contributed by atoms with Crippen molar-refractivity contribution >= 4 is 5.91 Å². The first-order chi connectivity index (χ1) is 10.3. The largest absolute Gasteiger partial charge is 0.456 e. The van der Waals surface area contributed by atoms with Crippen molar-refractivity contribution in [2.24, 2.45) is 0 Å². The lowest BCUT2D eigenvalue weighted by molar-refractivity contribution is -0.137. The van der Waals surface area contributed by atoms with Crippen molar-refractivity contribution in [1.29, 1.82) is 0 Å². The highest BCUT2D eigenvalue weighted by Gasteiger charge is 2.30. The van der Waals surface area contributed by atoms with Crippen LogP contribution in [0.1, 0.15) is 33.5 Å². The van der Waals surface area contributed by atoms with Gasteiger partial charge in [-0.15, -0.1) is 0 Å². The molecule has 2 aromatic rings. The highest BCUT2D eigenvalue weighted by Crippen LogP contribution is 2.30. The summed E-state index contributed by atoms with van der Waals surface area (Å²) in [6.45, 7) is 1.45. The number of aryl methyl sites for hydroxylation is 1. The summed E-state index contributed by atoms with van der Waals surface area (Å²) in [6.07, 6.45) is -5.73. The van der Waals surface area contributed by atoms with E-state index in [9.17, 15) is 23.1 Å². The fraction of sp³-hybridized carbons (Fsp3) is 0.267. The molecule has 0 radical (unpaired) electrons. The SMILES string of the molecule is Cc1ccc(C(=O)NC[C@@H](O)c2cccc(C(F)(F)F)c2)o1. The molecule has 0 unspecified atom stereocenters. The van der Waals surface area contributed by atoms with Crippen LogP contribution in [0.15, 0.2) is 40.8 Å². The Morgan fingerprint density at radius 3 is 2.64 bits per heavy atom. The molecule has 1 aromatic heterocycles. The van der Waals surface area contributed by atoms with Crippen LogP contribution in [-0.4, -0.2) is 17.6 Å². The van der Waals surface area contributed by atoms with E-state index in [1.165, 1.54) is 18.2 Å². The number of rotatable bonds is 4. The molecule has 0 aliphatic rings. The second kappa shape index (κ2) is 6.23. The summed E-state index contributed by atoms with van der Waals surface area (Å²) in [5, 5.41) is 12.3. The number of furan rings is 1. The Bertz CT molecular complexity index is 664. The first-order valence-corrected chi connectivity index (χ1v) is 6.47. The highest BCUT2D eigenvalue weighted by atomic mass is 19.4. The van der Waals surface area contributed by atoms with Crippen molar-refractivity contribution in [3.8, 4) is 0 Å². The fourth-order valence-corrected chi connectivity index (χ4v) is 1.87. The molecule has 22 heavy (non-hydrogen) atoms. The Morgan fingerprint density at radius 1 is 1.32 bits per heavy atom. The number of hydrogen-bond donors (Lipinski definition) is 2. The molecule has 2 rings (SSSR count). The number of alkyl halides is 3. The van der Waals surface area contributed by atoms with Crippen molar-refractivity contribution < 1.29 is 27.5 Å². The quantitative estimate of drug-likeness (QED) is 0.912. The van der Waals surface area contributed by atoms with E-state index in [-0.39, 0.29) is 17.9 Å². The van der Waals surface area contributed by atoms with Gasteiger partial charge in [-0.05, 0) is 36.8 Å². The normalized spacial score (nSPS) is 13.0. The first kappa shape index (κ1) is 16.1. The van der Waals surface area contributed by atoms with E-state index in [1.54, 1.807) is 13.0 Å². The number of nitrogens with one attached hydrogen (secondary N) is 1. The molecule has 2 N–H and O–H groups in total. The Balaban J connectivity index is 2.00. The summed E-state index contributed by atoms with van der Waals surface area (Å²) in [5.74, 6) is 0.0939. The van der Waals surface area contributed by atoms with Crippen LogP contribution in [0.5, 0.6) is 0 Å². The predicted molar refractivity (Wildman–Crippen MR) is 72.2 cm³/mol. The summed E-state index contributed by atoms with van der Waals surface area (Å²) in [7, 11) is 0. The summed E-state index contributed by atoms with van der Waals surface area (Å²) < 4.78 is 42.9. The number of aliphatic hydroxyl groups excluding tert-OH is 1. The van der Waals surface area contributed by atoms with Gasteiger partial charge in [0.05, 0.1) is 11.7 Å². The molecule has 0 saturated carbocycles. The van der Waals surface area contributed by atoms with Crippen LogP contribution >= 0.6 is 0 Å². The monoisotopic (exact) mass is 313 g/mol. The lowest BCUT2D eigenvalue weighted by Gasteiger charge is -2.14. The van der Waals surface area contributed by atoms with Crippen LogP contribution in [0.3, 0.4) is 0 Å².